The number of hydrogen-bond donors (Lipinski definition) is 3. The van der Waals surface area contributed by atoms with E-state index in [1.807, 2.05) is 24.3 Å². The van der Waals surface area contributed by atoms with Crippen molar-refractivity contribution < 1.29 is 19.2 Å². The lowest BCUT2D eigenvalue weighted by Crippen LogP contribution is -2.50. The summed E-state index contributed by atoms with van der Waals surface area (Å²) < 4.78 is 0. The molecule has 8 heteroatoms. The Morgan fingerprint density at radius 3 is 2.66 bits per heavy atom. The van der Waals surface area contributed by atoms with E-state index in [-0.39, 0.29) is 6.04 Å². The maximum Gasteiger partial charge on any atom is 0.325 e. The molecule has 8 nitrogen and oxygen atoms in total. The summed E-state index contributed by atoms with van der Waals surface area (Å²) in [7, 11) is 0. The maximum absolute atomic E-state index is 13.2. The van der Waals surface area contributed by atoms with Gasteiger partial charge in [-0.1, -0.05) is 43.5 Å². The predicted octanol–water partition coefficient (Wildman–Crippen LogP) is 1.93. The number of hydrogen-bond acceptors (Lipinski definition) is 4. The fraction of sp³-hybridized carbons (Fsp3) is 0.524. The summed E-state index contributed by atoms with van der Waals surface area (Å²) in [6, 6.07) is 6.46. The van der Waals surface area contributed by atoms with Crippen molar-refractivity contribution in [3.05, 3.63) is 35.4 Å². The minimum atomic E-state index is -1.11. The first kappa shape index (κ1) is 19.4. The summed E-state index contributed by atoms with van der Waals surface area (Å²) in [5, 5.41) is 7.84. The van der Waals surface area contributed by atoms with Gasteiger partial charge in [0.15, 0.2) is 0 Å². The minimum Gasteiger partial charge on any atom is -0.335 e. The van der Waals surface area contributed by atoms with Gasteiger partial charge in [-0.2, -0.15) is 0 Å². The van der Waals surface area contributed by atoms with Crippen LogP contribution in [0.1, 0.15) is 56.1 Å². The van der Waals surface area contributed by atoms with Crippen LogP contribution in [0.2, 0.25) is 0 Å². The molecule has 6 amide bonds. The van der Waals surface area contributed by atoms with E-state index in [1.165, 1.54) is 0 Å². The molecule has 3 N–H and O–H groups in total. The van der Waals surface area contributed by atoms with E-state index in [2.05, 4.69) is 16.0 Å². The number of urea groups is 2. The van der Waals surface area contributed by atoms with E-state index >= 15 is 0 Å². The second-order valence-corrected chi connectivity index (χ2v) is 8.09. The number of fused-ring (bicyclic) bond motifs is 2. The highest BCUT2D eigenvalue weighted by atomic mass is 16.2. The molecule has 1 atom stereocenters. The van der Waals surface area contributed by atoms with Crippen molar-refractivity contribution in [2.24, 2.45) is 0 Å². The van der Waals surface area contributed by atoms with Gasteiger partial charge in [-0.3, -0.25) is 19.8 Å². The number of nitrogens with one attached hydrogen (secondary N) is 3. The molecule has 154 valence electrons. The molecule has 3 aliphatic rings. The molecular formula is C21H26N4O4. The Balaban J connectivity index is 1.41. The monoisotopic (exact) mass is 398 g/mol. The van der Waals surface area contributed by atoms with Gasteiger partial charge in [0.05, 0.1) is 0 Å². The fourth-order valence-corrected chi connectivity index (χ4v) is 4.73. The summed E-state index contributed by atoms with van der Waals surface area (Å²) in [5.74, 6) is -1.11. The molecule has 1 aromatic rings. The number of carbonyl (C=O) groups excluding carboxylic acids is 4. The molecule has 1 heterocycles. The zero-order valence-electron chi connectivity index (χ0n) is 16.3. The molecule has 0 radical (unpaired) electrons. The van der Waals surface area contributed by atoms with Crippen LogP contribution >= 0.6 is 0 Å². The molecule has 0 bridgehead atoms. The number of amides is 6. The number of benzene rings is 1. The highest BCUT2D eigenvalue weighted by molar-refractivity contribution is 6.10. The highest BCUT2D eigenvalue weighted by Gasteiger charge is 2.54. The maximum atomic E-state index is 13.2. The Kier molecular flexibility index (Phi) is 5.25. The molecular weight excluding hydrogens is 372 g/mol. The van der Waals surface area contributed by atoms with Crippen LogP contribution in [-0.2, 0) is 21.5 Å². The highest BCUT2D eigenvalue weighted by Crippen LogP contribution is 2.39. The van der Waals surface area contributed by atoms with Crippen LogP contribution in [0.3, 0.4) is 0 Å². The van der Waals surface area contributed by atoms with Gasteiger partial charge in [0.2, 0.25) is 5.91 Å². The number of aryl methyl sites for hydroxylation is 1. The van der Waals surface area contributed by atoms with Gasteiger partial charge in [0, 0.05) is 6.04 Å². The average Bonchev–Trinajstić information content (AvgIpc) is 2.94. The lowest BCUT2D eigenvalue weighted by atomic mass is 9.76. The third kappa shape index (κ3) is 3.71. The number of rotatable bonds is 3. The molecule has 1 spiro atoms. The Bertz CT molecular complexity index is 849. The normalized spacial score (nSPS) is 24.2. The third-order valence-electron chi connectivity index (χ3n) is 6.15. The van der Waals surface area contributed by atoms with Crippen LogP contribution < -0.4 is 16.0 Å². The number of imide groups is 2. The predicted molar refractivity (Wildman–Crippen MR) is 105 cm³/mol. The van der Waals surface area contributed by atoms with Gasteiger partial charge in [0.25, 0.3) is 5.91 Å². The summed E-state index contributed by atoms with van der Waals surface area (Å²) >= 11 is 0. The Morgan fingerprint density at radius 1 is 1.10 bits per heavy atom. The number of carbonyl (C=O) groups is 4. The van der Waals surface area contributed by atoms with Crippen molar-refractivity contribution in [3.63, 3.8) is 0 Å². The van der Waals surface area contributed by atoms with E-state index in [9.17, 15) is 19.2 Å². The minimum absolute atomic E-state index is 0.0651. The van der Waals surface area contributed by atoms with Crippen molar-refractivity contribution in [2.75, 3.05) is 6.54 Å². The lowest BCUT2D eigenvalue weighted by Gasteiger charge is -2.33. The average molecular weight is 398 g/mol. The van der Waals surface area contributed by atoms with E-state index in [4.69, 9.17) is 0 Å². The van der Waals surface area contributed by atoms with Crippen molar-refractivity contribution in [2.45, 2.75) is 62.9 Å². The molecule has 4 rings (SSSR count). The standard InChI is InChI=1S/C21H26N4O4/c26-17(23-19(28)22-15-9-2-1-3-10-15)13-25-18(27)21(24-20(25)29)12-6-8-14-7-4-5-11-16(14)21/h4-5,7,11,15H,1-3,6,8-10,12-13H2,(H,24,29)(H2,22,23,26,28). The smallest absolute Gasteiger partial charge is 0.325 e. The fourth-order valence-electron chi connectivity index (χ4n) is 4.73. The zero-order valence-corrected chi connectivity index (χ0v) is 16.3. The van der Waals surface area contributed by atoms with Crippen molar-refractivity contribution in [1.29, 1.82) is 0 Å². The second kappa shape index (κ2) is 7.85. The van der Waals surface area contributed by atoms with Crippen LogP contribution in [0.15, 0.2) is 24.3 Å². The van der Waals surface area contributed by atoms with E-state index in [0.29, 0.717) is 6.42 Å². The lowest BCUT2D eigenvalue weighted by molar-refractivity contribution is -0.135. The largest absolute Gasteiger partial charge is 0.335 e. The van der Waals surface area contributed by atoms with Gasteiger partial charge >= 0.3 is 12.1 Å². The van der Waals surface area contributed by atoms with Crippen LogP contribution in [0.4, 0.5) is 9.59 Å². The molecule has 1 saturated carbocycles. The molecule has 1 aliphatic heterocycles. The van der Waals surface area contributed by atoms with Gasteiger partial charge in [-0.25, -0.2) is 9.59 Å². The molecule has 1 saturated heterocycles. The van der Waals surface area contributed by atoms with Gasteiger partial charge in [-0.05, 0) is 43.2 Å². The third-order valence-corrected chi connectivity index (χ3v) is 6.15. The summed E-state index contributed by atoms with van der Waals surface area (Å²) in [6.45, 7) is -0.479. The molecule has 1 aromatic carbocycles. The molecule has 0 aromatic heterocycles. The van der Waals surface area contributed by atoms with E-state index in [1.54, 1.807) is 0 Å². The Labute approximate surface area is 169 Å². The van der Waals surface area contributed by atoms with Crippen molar-refractivity contribution in [3.8, 4) is 0 Å². The van der Waals surface area contributed by atoms with Crippen LogP contribution in [0.25, 0.3) is 0 Å². The van der Waals surface area contributed by atoms with Crippen LogP contribution in [0.5, 0.6) is 0 Å². The van der Waals surface area contributed by atoms with E-state index in [0.717, 1.165) is 61.0 Å². The van der Waals surface area contributed by atoms with Crippen molar-refractivity contribution in [1.82, 2.24) is 20.9 Å². The van der Waals surface area contributed by atoms with Crippen LogP contribution in [-0.4, -0.2) is 41.4 Å². The van der Waals surface area contributed by atoms with Gasteiger partial charge < -0.3 is 10.6 Å². The first-order valence-corrected chi connectivity index (χ1v) is 10.3. The van der Waals surface area contributed by atoms with Crippen LogP contribution in [0, 0.1) is 0 Å². The van der Waals surface area contributed by atoms with Gasteiger partial charge in [0.1, 0.15) is 12.1 Å². The molecule has 2 fully saturated rings. The molecule has 29 heavy (non-hydrogen) atoms. The first-order chi connectivity index (χ1) is 14.0. The first-order valence-electron chi connectivity index (χ1n) is 10.3. The Hall–Kier alpha value is -2.90. The molecule has 1 unspecified atom stereocenters. The molecule has 2 aliphatic carbocycles. The summed E-state index contributed by atoms with van der Waals surface area (Å²) in [6.07, 6.45) is 7.20. The zero-order chi connectivity index (χ0) is 20.4. The second-order valence-electron chi connectivity index (χ2n) is 8.09. The van der Waals surface area contributed by atoms with E-state index < -0.39 is 36.0 Å². The SMILES string of the molecule is O=C(CN1C(=O)NC2(CCCc3ccccc32)C1=O)NC(=O)NC1CCCCC1. The summed E-state index contributed by atoms with van der Waals surface area (Å²) in [5.41, 5.74) is 0.712. The summed E-state index contributed by atoms with van der Waals surface area (Å²) in [4.78, 5) is 51.0. The van der Waals surface area contributed by atoms with Crippen molar-refractivity contribution >= 4 is 23.9 Å². The van der Waals surface area contributed by atoms with Gasteiger partial charge in [-0.15, -0.1) is 0 Å². The quantitative estimate of drug-likeness (QED) is 0.676. The number of nitrogens with zero attached hydrogens (tertiary/aromatic N) is 1. The Morgan fingerprint density at radius 2 is 1.86 bits per heavy atom. The topological polar surface area (TPSA) is 108 Å².